The minimum absolute atomic E-state index is 0.0788. The number of hydrogen-bond acceptors (Lipinski definition) is 6. The molecule has 4 heterocycles. The number of rotatable bonds is 0. The predicted octanol–water partition coefficient (Wildman–Crippen LogP) is 0.513. The van der Waals surface area contributed by atoms with Crippen molar-refractivity contribution < 1.29 is 23.8 Å². The van der Waals surface area contributed by atoms with Crippen molar-refractivity contribution in [3.05, 3.63) is 0 Å². The van der Waals surface area contributed by atoms with Gasteiger partial charge < -0.3 is 18.9 Å². The van der Waals surface area contributed by atoms with E-state index in [0.717, 1.165) is 0 Å². The molecule has 0 aromatic rings. The van der Waals surface area contributed by atoms with Crippen LogP contribution in [-0.4, -0.2) is 61.3 Å². The Morgan fingerprint density at radius 2 is 1.84 bits per heavy atom. The summed E-state index contributed by atoms with van der Waals surface area (Å²) in [5.74, 6) is -0.253. The van der Waals surface area contributed by atoms with E-state index in [1.165, 1.54) is 0 Å². The summed E-state index contributed by atoms with van der Waals surface area (Å²) in [5.41, 5.74) is -0.471. The van der Waals surface area contributed by atoms with E-state index in [1.807, 2.05) is 26.0 Å². The van der Waals surface area contributed by atoms with Gasteiger partial charge in [-0.25, -0.2) is 0 Å². The van der Waals surface area contributed by atoms with Crippen LogP contribution in [0.3, 0.4) is 0 Å². The molecule has 0 bridgehead atoms. The van der Waals surface area contributed by atoms with Crippen molar-refractivity contribution in [1.82, 2.24) is 5.06 Å². The molecule has 0 saturated carbocycles. The summed E-state index contributed by atoms with van der Waals surface area (Å²) in [7, 11) is 1.96. The van der Waals surface area contributed by atoms with E-state index in [1.54, 1.807) is 0 Å². The zero-order chi connectivity index (χ0) is 13.4. The smallest absolute Gasteiger partial charge is 0.190 e. The molecule has 6 heteroatoms. The molecule has 0 N–H and O–H groups in total. The van der Waals surface area contributed by atoms with Crippen LogP contribution in [0.25, 0.3) is 0 Å². The lowest BCUT2D eigenvalue weighted by atomic mass is 9.82. The highest BCUT2D eigenvalue weighted by atomic mass is 16.8. The average Bonchev–Trinajstić information content (AvgIpc) is 2.90. The Labute approximate surface area is 112 Å². The lowest BCUT2D eigenvalue weighted by Gasteiger charge is -2.44. The first-order chi connectivity index (χ1) is 8.91. The molecule has 0 spiro atoms. The van der Waals surface area contributed by atoms with Crippen LogP contribution in [0.2, 0.25) is 0 Å². The second kappa shape index (κ2) is 3.69. The molecule has 2 unspecified atom stereocenters. The summed E-state index contributed by atoms with van der Waals surface area (Å²) in [4.78, 5) is 5.61. The summed E-state index contributed by atoms with van der Waals surface area (Å²) in [6, 6.07) is 0.208. The normalized spacial score (nSPS) is 55.9. The minimum Gasteiger partial charge on any atom is -0.369 e. The van der Waals surface area contributed by atoms with Gasteiger partial charge in [0.25, 0.3) is 0 Å². The van der Waals surface area contributed by atoms with Crippen molar-refractivity contribution in [3.63, 3.8) is 0 Å². The van der Waals surface area contributed by atoms with Crippen molar-refractivity contribution >= 4 is 0 Å². The van der Waals surface area contributed by atoms with Crippen LogP contribution < -0.4 is 0 Å². The topological polar surface area (TPSA) is 49.4 Å². The fraction of sp³-hybridized carbons (Fsp3) is 1.00. The fourth-order valence-electron chi connectivity index (χ4n) is 3.81. The third-order valence-corrected chi connectivity index (χ3v) is 4.78. The largest absolute Gasteiger partial charge is 0.369 e. The van der Waals surface area contributed by atoms with Crippen LogP contribution >= 0.6 is 0 Å². The van der Waals surface area contributed by atoms with Gasteiger partial charge in [-0.3, -0.25) is 4.84 Å². The van der Waals surface area contributed by atoms with E-state index < -0.39 is 11.4 Å². The van der Waals surface area contributed by atoms with E-state index in [-0.39, 0.29) is 24.5 Å². The molecule has 6 atom stereocenters. The summed E-state index contributed by atoms with van der Waals surface area (Å²) in [6.07, 6.45) is -0.606. The Kier molecular flexibility index (Phi) is 2.43. The standard InChI is InChI=1S/C13H21NO5/c1-12(2)18-10-11(19-12)17-9-8-7(6-16-14(8)4)5-15-13(9,10)3/h7-11H,5-6H2,1-4H3/t7?,8?,9-,10+,11-,13-/m1/s1. The molecule has 4 aliphatic rings. The molecule has 0 radical (unpaired) electrons. The van der Waals surface area contributed by atoms with Gasteiger partial charge >= 0.3 is 0 Å². The van der Waals surface area contributed by atoms with E-state index in [0.29, 0.717) is 19.1 Å². The first kappa shape index (κ1) is 12.5. The molecule has 19 heavy (non-hydrogen) atoms. The summed E-state index contributed by atoms with van der Waals surface area (Å²) in [5, 5.41) is 1.91. The molecule has 6 nitrogen and oxygen atoms in total. The maximum absolute atomic E-state index is 6.12. The van der Waals surface area contributed by atoms with Gasteiger partial charge in [0.1, 0.15) is 17.8 Å². The molecular formula is C13H21NO5. The summed E-state index contributed by atoms with van der Waals surface area (Å²) >= 11 is 0. The van der Waals surface area contributed by atoms with Gasteiger partial charge in [0.2, 0.25) is 0 Å². The number of ether oxygens (including phenoxy) is 4. The van der Waals surface area contributed by atoms with Gasteiger partial charge in [-0.2, -0.15) is 5.06 Å². The molecule has 0 amide bonds. The summed E-state index contributed by atoms with van der Waals surface area (Å²) in [6.45, 7) is 7.25. The van der Waals surface area contributed by atoms with Crippen molar-refractivity contribution in [2.24, 2.45) is 5.92 Å². The van der Waals surface area contributed by atoms with Crippen molar-refractivity contribution in [3.8, 4) is 0 Å². The van der Waals surface area contributed by atoms with Gasteiger partial charge in [0.15, 0.2) is 12.1 Å². The highest BCUT2D eigenvalue weighted by Gasteiger charge is 2.67. The minimum atomic E-state index is -0.610. The van der Waals surface area contributed by atoms with Crippen LogP contribution in [0.5, 0.6) is 0 Å². The molecule has 108 valence electrons. The zero-order valence-corrected chi connectivity index (χ0v) is 11.8. The van der Waals surface area contributed by atoms with Crippen molar-refractivity contribution in [1.29, 1.82) is 0 Å². The Hall–Kier alpha value is -0.240. The molecule has 0 aromatic heterocycles. The monoisotopic (exact) mass is 271 g/mol. The van der Waals surface area contributed by atoms with Crippen LogP contribution in [0.15, 0.2) is 0 Å². The second-order valence-electron chi connectivity index (χ2n) is 6.57. The maximum Gasteiger partial charge on any atom is 0.190 e. The molecule has 4 aliphatic heterocycles. The van der Waals surface area contributed by atoms with Gasteiger partial charge in [0, 0.05) is 13.0 Å². The molecule has 4 rings (SSSR count). The molecule has 0 aliphatic carbocycles. The lowest BCUT2D eigenvalue weighted by Crippen LogP contribution is -2.61. The molecule has 4 fully saturated rings. The average molecular weight is 271 g/mol. The number of hydrogen-bond donors (Lipinski definition) is 0. The highest BCUT2D eigenvalue weighted by molar-refractivity contribution is 5.11. The van der Waals surface area contributed by atoms with Crippen LogP contribution in [-0.2, 0) is 23.8 Å². The third-order valence-electron chi connectivity index (χ3n) is 4.78. The first-order valence-corrected chi connectivity index (χ1v) is 6.91. The third kappa shape index (κ3) is 1.58. The van der Waals surface area contributed by atoms with E-state index in [2.05, 4.69) is 6.92 Å². The number of nitrogens with zero attached hydrogens (tertiary/aromatic N) is 1. The number of hydroxylamine groups is 2. The van der Waals surface area contributed by atoms with Crippen LogP contribution in [0.1, 0.15) is 20.8 Å². The molecule has 4 saturated heterocycles. The Morgan fingerprint density at radius 3 is 2.63 bits per heavy atom. The van der Waals surface area contributed by atoms with Gasteiger partial charge in [-0.05, 0) is 20.8 Å². The van der Waals surface area contributed by atoms with E-state index in [9.17, 15) is 0 Å². The van der Waals surface area contributed by atoms with Crippen molar-refractivity contribution in [2.75, 3.05) is 20.3 Å². The van der Waals surface area contributed by atoms with Crippen molar-refractivity contribution in [2.45, 2.75) is 56.7 Å². The molecule has 0 aromatic carbocycles. The maximum atomic E-state index is 6.12. The Balaban J connectivity index is 1.66. The predicted molar refractivity (Wildman–Crippen MR) is 64.0 cm³/mol. The second-order valence-corrected chi connectivity index (χ2v) is 6.57. The Morgan fingerprint density at radius 1 is 1.05 bits per heavy atom. The van der Waals surface area contributed by atoms with Gasteiger partial charge in [0.05, 0.1) is 19.3 Å². The fourth-order valence-corrected chi connectivity index (χ4v) is 3.81. The quantitative estimate of drug-likeness (QED) is 0.640. The van der Waals surface area contributed by atoms with Crippen LogP contribution in [0.4, 0.5) is 0 Å². The highest BCUT2D eigenvalue weighted by Crippen LogP contribution is 2.50. The molecular weight excluding hydrogens is 250 g/mol. The number of fused-ring (bicyclic) bond motifs is 5. The first-order valence-electron chi connectivity index (χ1n) is 6.91. The summed E-state index contributed by atoms with van der Waals surface area (Å²) < 4.78 is 24.1. The van der Waals surface area contributed by atoms with E-state index in [4.69, 9.17) is 23.8 Å². The zero-order valence-electron chi connectivity index (χ0n) is 11.8. The van der Waals surface area contributed by atoms with Gasteiger partial charge in [-0.15, -0.1) is 0 Å². The van der Waals surface area contributed by atoms with Crippen LogP contribution in [0, 0.1) is 5.92 Å². The van der Waals surface area contributed by atoms with E-state index >= 15 is 0 Å². The number of likely N-dealkylation sites (N-methyl/N-ethyl adjacent to an activating group) is 1. The van der Waals surface area contributed by atoms with Gasteiger partial charge in [-0.1, -0.05) is 0 Å². The Bertz CT molecular complexity index is 402. The lowest BCUT2D eigenvalue weighted by molar-refractivity contribution is -0.263. The SMILES string of the molecule is CN1OCC2CO[C@]3(C)[C@H](O[C@@H]4OC(C)(C)O[C@@H]43)C21.